The molecule has 6 nitrogen and oxygen atoms in total. The van der Waals surface area contributed by atoms with Crippen molar-refractivity contribution in [1.29, 1.82) is 0 Å². The average molecular weight is 369 g/mol. The Hall–Kier alpha value is -1.93. The van der Waals surface area contributed by atoms with Crippen molar-refractivity contribution in [3.8, 4) is 0 Å². The van der Waals surface area contributed by atoms with Crippen molar-refractivity contribution >= 4 is 27.6 Å². The quantitative estimate of drug-likeness (QED) is 0.760. The summed E-state index contributed by atoms with van der Waals surface area (Å²) in [4.78, 5) is 12.1. The minimum Gasteiger partial charge on any atom is -0.468 e. The van der Waals surface area contributed by atoms with E-state index in [4.69, 9.17) is 21.5 Å². The zero-order chi connectivity index (χ0) is 17.7. The normalized spacial score (nSPS) is 12.6. The molecule has 0 saturated carbocycles. The summed E-state index contributed by atoms with van der Waals surface area (Å²) in [5.41, 5.74) is 1.38. The second-order valence-electron chi connectivity index (χ2n) is 5.05. The number of ether oxygens (including phenoxy) is 1. The van der Waals surface area contributed by atoms with E-state index in [2.05, 4.69) is 5.32 Å². The van der Waals surface area contributed by atoms with Crippen LogP contribution in [0.2, 0.25) is 5.02 Å². The SMILES string of the molecule is COC(=O)C(NCc1ccc(S(N)(=O)=O)cc1)c1ccccc1Cl. The summed E-state index contributed by atoms with van der Waals surface area (Å²) in [5, 5.41) is 8.57. The minimum atomic E-state index is -3.73. The van der Waals surface area contributed by atoms with Crippen molar-refractivity contribution in [1.82, 2.24) is 5.32 Å². The molecule has 2 aromatic rings. The molecule has 0 amide bonds. The fraction of sp³-hybridized carbons (Fsp3) is 0.188. The van der Waals surface area contributed by atoms with Gasteiger partial charge in [-0.15, -0.1) is 0 Å². The van der Waals surface area contributed by atoms with E-state index < -0.39 is 22.0 Å². The Morgan fingerprint density at radius 1 is 1.21 bits per heavy atom. The highest BCUT2D eigenvalue weighted by molar-refractivity contribution is 7.89. The highest BCUT2D eigenvalue weighted by atomic mass is 35.5. The number of esters is 1. The van der Waals surface area contributed by atoms with Crippen LogP contribution in [0, 0.1) is 0 Å². The molecule has 2 aromatic carbocycles. The van der Waals surface area contributed by atoms with E-state index in [9.17, 15) is 13.2 Å². The Bertz CT molecular complexity index is 822. The fourth-order valence-electron chi connectivity index (χ4n) is 2.16. The summed E-state index contributed by atoms with van der Waals surface area (Å²) >= 11 is 6.14. The largest absolute Gasteiger partial charge is 0.468 e. The van der Waals surface area contributed by atoms with Crippen LogP contribution in [0.5, 0.6) is 0 Å². The molecule has 24 heavy (non-hydrogen) atoms. The van der Waals surface area contributed by atoms with Gasteiger partial charge in [0.2, 0.25) is 10.0 Å². The molecule has 8 heteroatoms. The summed E-state index contributed by atoms with van der Waals surface area (Å²) in [6.45, 7) is 0.315. The van der Waals surface area contributed by atoms with Crippen LogP contribution < -0.4 is 10.5 Å². The van der Waals surface area contributed by atoms with Gasteiger partial charge in [0.05, 0.1) is 12.0 Å². The third-order valence-corrected chi connectivity index (χ3v) is 4.69. The van der Waals surface area contributed by atoms with Gasteiger partial charge < -0.3 is 4.74 Å². The number of hydrogen-bond donors (Lipinski definition) is 2. The summed E-state index contributed by atoms with van der Waals surface area (Å²) in [7, 11) is -2.43. The lowest BCUT2D eigenvalue weighted by molar-refractivity contribution is -0.143. The minimum absolute atomic E-state index is 0.0295. The number of carbonyl (C=O) groups excluding carboxylic acids is 1. The Morgan fingerprint density at radius 3 is 2.38 bits per heavy atom. The van der Waals surface area contributed by atoms with Crippen molar-refractivity contribution in [2.45, 2.75) is 17.5 Å². The predicted molar refractivity (Wildman–Crippen MR) is 90.9 cm³/mol. The first-order valence-corrected chi connectivity index (χ1v) is 8.92. The zero-order valence-corrected chi connectivity index (χ0v) is 14.5. The molecule has 0 fully saturated rings. The Kier molecular flexibility index (Phi) is 5.95. The Labute approximate surface area is 145 Å². The van der Waals surface area contributed by atoms with Crippen LogP contribution >= 0.6 is 11.6 Å². The monoisotopic (exact) mass is 368 g/mol. The first kappa shape index (κ1) is 18.4. The van der Waals surface area contributed by atoms with Crippen LogP contribution in [0.3, 0.4) is 0 Å². The second kappa shape index (κ2) is 7.76. The number of nitrogens with one attached hydrogen (secondary N) is 1. The first-order valence-electron chi connectivity index (χ1n) is 7.00. The summed E-state index contributed by atoms with van der Waals surface area (Å²) in [6.07, 6.45) is 0. The summed E-state index contributed by atoms with van der Waals surface area (Å²) < 4.78 is 27.3. The summed E-state index contributed by atoms with van der Waals surface area (Å²) in [5.74, 6) is -0.468. The number of carbonyl (C=O) groups is 1. The third-order valence-electron chi connectivity index (χ3n) is 3.42. The van der Waals surface area contributed by atoms with Crippen LogP contribution in [0.4, 0.5) is 0 Å². The van der Waals surface area contributed by atoms with Crippen molar-refractivity contribution in [2.75, 3.05) is 7.11 Å². The van der Waals surface area contributed by atoms with Crippen LogP contribution in [-0.4, -0.2) is 21.5 Å². The van der Waals surface area contributed by atoms with E-state index in [1.54, 1.807) is 36.4 Å². The van der Waals surface area contributed by atoms with Gasteiger partial charge in [-0.2, -0.15) is 0 Å². The van der Waals surface area contributed by atoms with E-state index in [1.807, 2.05) is 0 Å². The molecule has 0 aliphatic carbocycles. The molecule has 0 heterocycles. The van der Waals surface area contributed by atoms with Gasteiger partial charge in [-0.25, -0.2) is 18.4 Å². The van der Waals surface area contributed by atoms with Gasteiger partial charge >= 0.3 is 5.97 Å². The van der Waals surface area contributed by atoms with Crippen LogP contribution in [0.25, 0.3) is 0 Å². The van der Waals surface area contributed by atoms with E-state index in [0.717, 1.165) is 5.56 Å². The number of rotatable bonds is 6. The van der Waals surface area contributed by atoms with Gasteiger partial charge in [0.15, 0.2) is 0 Å². The smallest absolute Gasteiger partial charge is 0.327 e. The number of methoxy groups -OCH3 is 1. The molecule has 0 radical (unpaired) electrons. The number of halogens is 1. The summed E-state index contributed by atoms with van der Waals surface area (Å²) in [6, 6.07) is 12.3. The van der Waals surface area contributed by atoms with Gasteiger partial charge in [-0.1, -0.05) is 41.9 Å². The second-order valence-corrected chi connectivity index (χ2v) is 7.02. The molecule has 0 aliphatic heterocycles. The van der Waals surface area contributed by atoms with Gasteiger partial charge in [-0.05, 0) is 29.3 Å². The molecule has 1 atom stereocenters. The molecule has 2 rings (SSSR count). The van der Waals surface area contributed by atoms with Gasteiger partial charge in [-0.3, -0.25) is 5.32 Å². The van der Waals surface area contributed by atoms with Crippen molar-refractivity contribution in [2.24, 2.45) is 5.14 Å². The van der Waals surface area contributed by atoms with E-state index in [0.29, 0.717) is 17.1 Å². The van der Waals surface area contributed by atoms with Gasteiger partial charge in [0.25, 0.3) is 0 Å². The van der Waals surface area contributed by atoms with Gasteiger partial charge in [0.1, 0.15) is 6.04 Å². The Morgan fingerprint density at radius 2 is 1.83 bits per heavy atom. The van der Waals surface area contributed by atoms with E-state index >= 15 is 0 Å². The molecule has 0 bridgehead atoms. The standard InChI is InChI=1S/C16H17ClN2O4S/c1-23-16(20)15(13-4-2-3-5-14(13)17)19-10-11-6-8-12(9-7-11)24(18,21)22/h2-9,15,19H,10H2,1H3,(H2,18,21,22). The van der Waals surface area contributed by atoms with E-state index in [-0.39, 0.29) is 4.90 Å². The molecule has 0 saturated heterocycles. The molecule has 0 aliphatic rings. The van der Waals surface area contributed by atoms with Crippen molar-refractivity contribution in [3.63, 3.8) is 0 Å². The molecule has 0 spiro atoms. The number of benzene rings is 2. The zero-order valence-electron chi connectivity index (χ0n) is 12.9. The maximum absolute atomic E-state index is 12.0. The third kappa shape index (κ3) is 4.55. The lowest BCUT2D eigenvalue weighted by Crippen LogP contribution is -2.29. The number of sulfonamides is 1. The molecule has 0 aromatic heterocycles. The predicted octanol–water partition coefficient (Wildman–Crippen LogP) is 1.99. The van der Waals surface area contributed by atoms with Crippen molar-refractivity contribution < 1.29 is 17.9 Å². The van der Waals surface area contributed by atoms with E-state index in [1.165, 1.54) is 19.2 Å². The molecule has 1 unspecified atom stereocenters. The van der Waals surface area contributed by atoms with Crippen LogP contribution in [0.1, 0.15) is 17.2 Å². The number of nitrogens with two attached hydrogens (primary N) is 1. The fourth-order valence-corrected chi connectivity index (χ4v) is 2.92. The highest BCUT2D eigenvalue weighted by Gasteiger charge is 2.23. The van der Waals surface area contributed by atoms with Gasteiger partial charge in [0, 0.05) is 11.6 Å². The maximum atomic E-state index is 12.0. The molecular weight excluding hydrogens is 352 g/mol. The first-order chi connectivity index (χ1) is 11.3. The lowest BCUT2D eigenvalue weighted by atomic mass is 10.1. The van der Waals surface area contributed by atoms with Crippen LogP contribution in [0.15, 0.2) is 53.4 Å². The highest BCUT2D eigenvalue weighted by Crippen LogP contribution is 2.24. The number of hydrogen-bond acceptors (Lipinski definition) is 5. The lowest BCUT2D eigenvalue weighted by Gasteiger charge is -2.18. The molecular formula is C16H17ClN2O4S. The molecule has 128 valence electrons. The number of primary sulfonamides is 1. The Balaban J connectivity index is 2.17. The maximum Gasteiger partial charge on any atom is 0.327 e. The molecule has 3 N–H and O–H groups in total. The van der Waals surface area contributed by atoms with Crippen LogP contribution in [-0.2, 0) is 26.1 Å². The average Bonchev–Trinajstić information content (AvgIpc) is 2.56. The topological polar surface area (TPSA) is 98.5 Å². The van der Waals surface area contributed by atoms with Crippen molar-refractivity contribution in [3.05, 3.63) is 64.7 Å².